The highest BCUT2D eigenvalue weighted by Gasteiger charge is 2.15. The molecular weight excluding hydrogens is 348 g/mol. The van der Waals surface area contributed by atoms with Crippen molar-refractivity contribution < 1.29 is 8.76 Å². The third kappa shape index (κ3) is 3.68. The summed E-state index contributed by atoms with van der Waals surface area (Å²) in [4.78, 5) is 0. The molecule has 138 valence electrons. The van der Waals surface area contributed by atoms with Crippen LogP contribution in [0.25, 0.3) is 22.2 Å². The minimum absolute atomic E-state index is 0.279. The van der Waals surface area contributed by atoms with Gasteiger partial charge in [0.15, 0.2) is 11.1 Å². The Morgan fingerprint density at radius 2 is 1.88 bits per heavy atom. The van der Waals surface area contributed by atoms with Crippen molar-refractivity contribution in [3.63, 3.8) is 0 Å². The normalized spacial score (nSPS) is 12.4. The summed E-state index contributed by atoms with van der Waals surface area (Å²) in [7, 11) is 0. The summed E-state index contributed by atoms with van der Waals surface area (Å²) >= 11 is -1.73. The van der Waals surface area contributed by atoms with Gasteiger partial charge in [-0.25, -0.2) is 4.21 Å². The lowest BCUT2D eigenvalue weighted by atomic mass is 10.1. The van der Waals surface area contributed by atoms with Crippen LogP contribution in [-0.4, -0.2) is 25.6 Å². The number of aryl methyl sites for hydroxylation is 1. The molecule has 0 fully saturated rings. The largest absolute Gasteiger partial charge is 0.399 e. The Labute approximate surface area is 155 Å². The number of nitrogens with one attached hydrogen (secondary N) is 1. The van der Waals surface area contributed by atoms with Crippen molar-refractivity contribution in [2.75, 3.05) is 29.1 Å². The van der Waals surface area contributed by atoms with Gasteiger partial charge < -0.3 is 25.9 Å². The lowest BCUT2D eigenvalue weighted by Gasteiger charge is -2.11. The third-order valence-corrected chi connectivity index (χ3v) is 5.07. The number of nitrogens with zero attached hydrogens (tertiary/aromatic N) is 1. The molecule has 0 amide bonds. The van der Waals surface area contributed by atoms with Gasteiger partial charge in [0, 0.05) is 35.4 Å². The summed E-state index contributed by atoms with van der Waals surface area (Å²) in [6, 6.07) is 13.9. The molecule has 6 N–H and O–H groups in total. The highest BCUT2D eigenvalue weighted by Crippen LogP contribution is 2.37. The maximum absolute atomic E-state index is 10.7. The van der Waals surface area contributed by atoms with Crippen LogP contribution < -0.4 is 16.8 Å². The first kappa shape index (κ1) is 18.3. The minimum atomic E-state index is -1.73. The van der Waals surface area contributed by atoms with E-state index >= 15 is 0 Å². The zero-order valence-corrected chi connectivity index (χ0v) is 15.6. The number of aromatic nitrogens is 1. The quantitative estimate of drug-likeness (QED) is 0.288. The number of nitrogens with two attached hydrogens (primary N) is 2. The topological polar surface area (TPSA) is 106 Å². The summed E-state index contributed by atoms with van der Waals surface area (Å²) < 4.78 is 21.6. The zero-order chi connectivity index (χ0) is 18.7. The number of anilines is 3. The van der Waals surface area contributed by atoms with Crippen LogP contribution in [0.2, 0.25) is 0 Å². The van der Waals surface area contributed by atoms with Crippen molar-refractivity contribution in [2.45, 2.75) is 19.9 Å². The Morgan fingerprint density at radius 3 is 2.54 bits per heavy atom. The van der Waals surface area contributed by atoms with Crippen LogP contribution in [0, 0.1) is 0 Å². The molecule has 0 saturated carbocycles. The summed E-state index contributed by atoms with van der Waals surface area (Å²) in [6.07, 6.45) is 0.642. The van der Waals surface area contributed by atoms with Crippen LogP contribution in [0.4, 0.5) is 17.1 Å². The van der Waals surface area contributed by atoms with Crippen molar-refractivity contribution in [3.8, 4) is 11.3 Å². The smallest absolute Gasteiger partial charge is 0.152 e. The molecule has 0 saturated heterocycles. The monoisotopic (exact) mass is 372 g/mol. The second kappa shape index (κ2) is 7.80. The first-order valence-electron chi connectivity index (χ1n) is 8.60. The molecule has 26 heavy (non-hydrogen) atoms. The average Bonchev–Trinajstić information content (AvgIpc) is 2.90. The molecule has 3 rings (SSSR count). The van der Waals surface area contributed by atoms with E-state index in [1.807, 2.05) is 42.5 Å². The van der Waals surface area contributed by atoms with E-state index in [0.717, 1.165) is 45.8 Å². The van der Waals surface area contributed by atoms with Crippen molar-refractivity contribution in [1.29, 1.82) is 0 Å². The molecule has 0 spiro atoms. The fourth-order valence-electron chi connectivity index (χ4n) is 3.21. The van der Waals surface area contributed by atoms with E-state index in [9.17, 15) is 4.21 Å². The molecule has 0 radical (unpaired) electrons. The molecule has 1 atom stereocenters. The van der Waals surface area contributed by atoms with Gasteiger partial charge in [0.25, 0.3) is 0 Å². The minimum Gasteiger partial charge on any atom is -0.399 e. The first-order chi connectivity index (χ1) is 12.5. The maximum Gasteiger partial charge on any atom is 0.152 e. The number of benzene rings is 2. The highest BCUT2D eigenvalue weighted by molar-refractivity contribution is 7.79. The molecule has 2 aromatic carbocycles. The van der Waals surface area contributed by atoms with E-state index in [-0.39, 0.29) is 5.75 Å². The number of nitrogen functional groups attached to an aromatic ring is 2. The van der Waals surface area contributed by atoms with Crippen molar-refractivity contribution in [2.24, 2.45) is 0 Å². The Morgan fingerprint density at radius 1 is 1.15 bits per heavy atom. The van der Waals surface area contributed by atoms with Crippen LogP contribution >= 0.6 is 0 Å². The summed E-state index contributed by atoms with van der Waals surface area (Å²) in [5.41, 5.74) is 17.9. The molecule has 1 heterocycles. The molecule has 0 aliphatic rings. The van der Waals surface area contributed by atoms with Gasteiger partial charge in [-0.05, 0) is 43.7 Å². The van der Waals surface area contributed by atoms with E-state index < -0.39 is 11.1 Å². The number of fused-ring (bicyclic) bond motifs is 1. The number of hydrogen-bond acceptors (Lipinski definition) is 4. The molecule has 7 heteroatoms. The van der Waals surface area contributed by atoms with Gasteiger partial charge in [0.1, 0.15) is 0 Å². The van der Waals surface area contributed by atoms with Gasteiger partial charge in [0.2, 0.25) is 0 Å². The van der Waals surface area contributed by atoms with Crippen LogP contribution in [0.1, 0.15) is 13.3 Å². The molecule has 3 aromatic rings. The Hall–Kier alpha value is -2.51. The molecular formula is C19H24N4O2S. The van der Waals surface area contributed by atoms with E-state index in [4.69, 9.17) is 16.0 Å². The molecule has 1 aromatic heterocycles. The third-order valence-electron chi connectivity index (χ3n) is 4.43. The van der Waals surface area contributed by atoms with E-state index in [2.05, 4.69) is 16.8 Å². The van der Waals surface area contributed by atoms with Gasteiger partial charge in [-0.2, -0.15) is 0 Å². The summed E-state index contributed by atoms with van der Waals surface area (Å²) in [5.74, 6) is 0.279. The first-order valence-corrected chi connectivity index (χ1v) is 9.87. The Balaban J connectivity index is 1.87. The van der Waals surface area contributed by atoms with Gasteiger partial charge in [-0.1, -0.05) is 12.1 Å². The van der Waals surface area contributed by atoms with Crippen molar-refractivity contribution >= 4 is 39.0 Å². The predicted molar refractivity (Wildman–Crippen MR) is 111 cm³/mol. The maximum atomic E-state index is 10.7. The molecule has 6 nitrogen and oxygen atoms in total. The number of rotatable bonds is 7. The van der Waals surface area contributed by atoms with Gasteiger partial charge in [0.05, 0.1) is 22.7 Å². The summed E-state index contributed by atoms with van der Waals surface area (Å²) in [6.45, 7) is 3.54. The SMILES string of the molecule is CCn1c(-c2ccc(NCCCS(=O)O)cc2)c(N)c2ccc(N)cc21. The van der Waals surface area contributed by atoms with Gasteiger partial charge in [-0.15, -0.1) is 0 Å². The molecule has 0 aliphatic carbocycles. The number of hydrogen-bond donors (Lipinski definition) is 4. The average molecular weight is 372 g/mol. The predicted octanol–water partition coefficient (Wildman–Crippen LogP) is 3.52. The standard InChI is InChI=1S/C19H24N4O2S/c1-2-23-17-12-14(20)6-9-16(17)18(21)19(23)13-4-7-15(8-5-13)22-10-3-11-26(24)25/h4-9,12,22H,2-3,10-11,20-21H2,1H3,(H,24,25). The van der Waals surface area contributed by atoms with E-state index in [1.54, 1.807) is 0 Å². The lowest BCUT2D eigenvalue weighted by Crippen LogP contribution is -2.06. The zero-order valence-electron chi connectivity index (χ0n) is 14.7. The van der Waals surface area contributed by atoms with Crippen LogP contribution in [0.15, 0.2) is 42.5 Å². The van der Waals surface area contributed by atoms with Crippen molar-refractivity contribution in [3.05, 3.63) is 42.5 Å². The second-order valence-corrected chi connectivity index (χ2v) is 7.22. The molecule has 0 aliphatic heterocycles. The Kier molecular flexibility index (Phi) is 5.49. The molecule has 0 bridgehead atoms. The highest BCUT2D eigenvalue weighted by atomic mass is 32.2. The fraction of sp³-hybridized carbons (Fsp3) is 0.263. The van der Waals surface area contributed by atoms with Crippen molar-refractivity contribution in [1.82, 2.24) is 4.57 Å². The fourth-order valence-corrected chi connectivity index (χ4v) is 3.60. The van der Waals surface area contributed by atoms with Crippen LogP contribution in [-0.2, 0) is 17.6 Å². The van der Waals surface area contributed by atoms with Crippen LogP contribution in [0.5, 0.6) is 0 Å². The van der Waals surface area contributed by atoms with Gasteiger partial charge >= 0.3 is 0 Å². The summed E-state index contributed by atoms with van der Waals surface area (Å²) in [5, 5.41) is 4.27. The Bertz CT molecular complexity index is 935. The van der Waals surface area contributed by atoms with Gasteiger partial charge in [-0.3, -0.25) is 0 Å². The second-order valence-electron chi connectivity index (χ2n) is 6.17. The van der Waals surface area contributed by atoms with E-state index in [1.165, 1.54) is 0 Å². The lowest BCUT2D eigenvalue weighted by molar-refractivity contribution is 0.562. The molecule has 1 unspecified atom stereocenters. The van der Waals surface area contributed by atoms with E-state index in [0.29, 0.717) is 13.0 Å². The van der Waals surface area contributed by atoms with Crippen LogP contribution in [0.3, 0.4) is 0 Å².